The summed E-state index contributed by atoms with van der Waals surface area (Å²) in [5.74, 6) is -3.74. The first-order chi connectivity index (χ1) is 8.58. The Hall–Kier alpha value is -1.56. The summed E-state index contributed by atoms with van der Waals surface area (Å²) in [6, 6.07) is 0.614. The molecule has 1 saturated heterocycles. The molecule has 2 rings (SSSR count). The normalized spacial score (nSPS) is 19.6. The van der Waals surface area contributed by atoms with E-state index in [0.29, 0.717) is 25.1 Å². The number of hydrogen-bond donors (Lipinski definition) is 2. The highest BCUT2D eigenvalue weighted by atomic mass is 19.1. The molecule has 3 nitrogen and oxygen atoms in total. The summed E-state index contributed by atoms with van der Waals surface area (Å²) in [6.07, 6.45) is 2.48. The summed E-state index contributed by atoms with van der Waals surface area (Å²) in [4.78, 5) is 11.8. The van der Waals surface area contributed by atoms with Crippen molar-refractivity contribution in [1.29, 1.82) is 0 Å². The van der Waals surface area contributed by atoms with Gasteiger partial charge in [-0.15, -0.1) is 0 Å². The first-order valence-corrected chi connectivity index (χ1v) is 5.76. The van der Waals surface area contributed by atoms with Gasteiger partial charge in [-0.1, -0.05) is 6.42 Å². The van der Waals surface area contributed by atoms with Crippen molar-refractivity contribution in [3.63, 3.8) is 0 Å². The third-order valence-electron chi connectivity index (χ3n) is 2.88. The molecule has 1 aromatic carbocycles. The number of benzene rings is 1. The fraction of sp³-hybridized carbons (Fsp3) is 0.417. The molecule has 0 radical (unpaired) electrons. The number of rotatable bonds is 2. The van der Waals surface area contributed by atoms with Crippen LogP contribution in [0.5, 0.6) is 0 Å². The zero-order chi connectivity index (χ0) is 13.1. The first kappa shape index (κ1) is 12.9. The van der Waals surface area contributed by atoms with Crippen molar-refractivity contribution in [2.45, 2.75) is 25.3 Å². The minimum atomic E-state index is -1.11. The quantitative estimate of drug-likeness (QED) is 0.853. The van der Waals surface area contributed by atoms with E-state index >= 15 is 0 Å². The second-order valence-electron chi connectivity index (χ2n) is 4.24. The van der Waals surface area contributed by atoms with Crippen LogP contribution in [0.1, 0.15) is 19.3 Å². The van der Waals surface area contributed by atoms with E-state index in [1.165, 1.54) is 0 Å². The smallest absolute Gasteiger partial charge is 0.241 e. The van der Waals surface area contributed by atoms with Crippen molar-refractivity contribution in [3.05, 3.63) is 29.6 Å². The monoisotopic (exact) mass is 258 g/mol. The molecule has 1 atom stereocenters. The van der Waals surface area contributed by atoms with Crippen molar-refractivity contribution in [3.8, 4) is 0 Å². The predicted molar refractivity (Wildman–Crippen MR) is 60.6 cm³/mol. The van der Waals surface area contributed by atoms with Gasteiger partial charge in [0.2, 0.25) is 5.91 Å². The van der Waals surface area contributed by atoms with Gasteiger partial charge in [0.1, 0.15) is 11.5 Å². The maximum absolute atomic E-state index is 13.3. The van der Waals surface area contributed by atoms with Crippen LogP contribution in [0.2, 0.25) is 0 Å². The minimum absolute atomic E-state index is 0.456. The molecule has 98 valence electrons. The summed E-state index contributed by atoms with van der Waals surface area (Å²) >= 11 is 0. The second-order valence-corrected chi connectivity index (χ2v) is 4.24. The number of carbonyl (C=O) groups is 1. The maximum atomic E-state index is 13.3. The number of amides is 1. The first-order valence-electron chi connectivity index (χ1n) is 5.76. The van der Waals surface area contributed by atoms with E-state index < -0.39 is 35.1 Å². The summed E-state index contributed by atoms with van der Waals surface area (Å²) in [7, 11) is 0. The molecule has 0 bridgehead atoms. The predicted octanol–water partition coefficient (Wildman–Crippen LogP) is 2.18. The molecule has 0 saturated carbocycles. The van der Waals surface area contributed by atoms with Crippen LogP contribution in [0.25, 0.3) is 0 Å². The van der Waals surface area contributed by atoms with Gasteiger partial charge in [0, 0.05) is 12.1 Å². The van der Waals surface area contributed by atoms with Crippen LogP contribution in [0.15, 0.2) is 12.1 Å². The van der Waals surface area contributed by atoms with Gasteiger partial charge in [-0.25, -0.2) is 13.2 Å². The molecule has 1 aliphatic heterocycles. The van der Waals surface area contributed by atoms with Crippen LogP contribution in [-0.4, -0.2) is 18.5 Å². The highest BCUT2D eigenvalue weighted by Crippen LogP contribution is 2.21. The van der Waals surface area contributed by atoms with E-state index in [9.17, 15) is 18.0 Å². The van der Waals surface area contributed by atoms with Crippen LogP contribution in [0.4, 0.5) is 18.9 Å². The Balaban J connectivity index is 2.11. The van der Waals surface area contributed by atoms with Gasteiger partial charge >= 0.3 is 0 Å². The van der Waals surface area contributed by atoms with Crippen molar-refractivity contribution >= 4 is 11.6 Å². The fourth-order valence-corrected chi connectivity index (χ4v) is 1.95. The zero-order valence-corrected chi connectivity index (χ0v) is 9.60. The average molecular weight is 258 g/mol. The lowest BCUT2D eigenvalue weighted by atomic mass is 10.0. The van der Waals surface area contributed by atoms with Crippen LogP contribution in [0, 0.1) is 17.5 Å². The topological polar surface area (TPSA) is 41.1 Å². The summed E-state index contributed by atoms with van der Waals surface area (Å²) < 4.78 is 39.3. The largest absolute Gasteiger partial charge is 0.320 e. The molecule has 1 heterocycles. The third kappa shape index (κ3) is 2.81. The Kier molecular flexibility index (Phi) is 3.86. The van der Waals surface area contributed by atoms with Gasteiger partial charge in [-0.2, -0.15) is 0 Å². The van der Waals surface area contributed by atoms with Gasteiger partial charge in [-0.3, -0.25) is 4.79 Å². The lowest BCUT2D eigenvalue weighted by Gasteiger charge is -2.22. The number of hydrogen-bond acceptors (Lipinski definition) is 2. The van der Waals surface area contributed by atoms with Gasteiger partial charge in [-0.05, 0) is 19.4 Å². The Morgan fingerprint density at radius 2 is 1.89 bits per heavy atom. The van der Waals surface area contributed by atoms with Crippen molar-refractivity contribution < 1.29 is 18.0 Å². The molecule has 1 fully saturated rings. The zero-order valence-electron chi connectivity index (χ0n) is 9.60. The molecule has 18 heavy (non-hydrogen) atoms. The number of piperidine rings is 1. The molecule has 0 aliphatic carbocycles. The lowest BCUT2D eigenvalue weighted by molar-refractivity contribution is -0.118. The Morgan fingerprint density at radius 3 is 2.44 bits per heavy atom. The van der Waals surface area contributed by atoms with E-state index in [1.807, 2.05) is 0 Å². The number of halogens is 3. The highest BCUT2D eigenvalue weighted by Gasteiger charge is 2.23. The summed E-state index contributed by atoms with van der Waals surface area (Å²) in [5.41, 5.74) is -0.603. The minimum Gasteiger partial charge on any atom is -0.320 e. The molecular formula is C12H13F3N2O. The Bertz CT molecular complexity index is 436. The molecule has 2 N–H and O–H groups in total. The van der Waals surface area contributed by atoms with Gasteiger partial charge < -0.3 is 10.6 Å². The fourth-order valence-electron chi connectivity index (χ4n) is 1.95. The van der Waals surface area contributed by atoms with Crippen molar-refractivity contribution in [2.75, 3.05) is 11.9 Å². The summed E-state index contributed by atoms with van der Waals surface area (Å²) in [5, 5.41) is 5.12. The van der Waals surface area contributed by atoms with Crippen LogP contribution >= 0.6 is 0 Å². The van der Waals surface area contributed by atoms with Gasteiger partial charge in [0.25, 0.3) is 0 Å². The second kappa shape index (κ2) is 5.39. The number of anilines is 1. The highest BCUT2D eigenvalue weighted by molar-refractivity contribution is 5.95. The Labute approximate surface area is 102 Å². The van der Waals surface area contributed by atoms with Gasteiger partial charge in [0.05, 0.1) is 6.04 Å². The SMILES string of the molecule is O=C(Nc1c(F)cc(F)cc1F)[C@H]1CCCCN1. The van der Waals surface area contributed by atoms with Crippen LogP contribution in [0.3, 0.4) is 0 Å². The van der Waals surface area contributed by atoms with Crippen LogP contribution in [-0.2, 0) is 4.79 Å². The molecule has 1 aliphatic rings. The van der Waals surface area contributed by atoms with E-state index in [2.05, 4.69) is 10.6 Å². The van der Waals surface area contributed by atoms with Crippen molar-refractivity contribution in [1.82, 2.24) is 5.32 Å². The maximum Gasteiger partial charge on any atom is 0.241 e. The number of nitrogens with one attached hydrogen (secondary N) is 2. The van der Waals surface area contributed by atoms with Crippen molar-refractivity contribution in [2.24, 2.45) is 0 Å². The standard InChI is InChI=1S/C12H13F3N2O/c13-7-5-8(14)11(9(15)6-7)17-12(18)10-3-1-2-4-16-10/h5-6,10,16H,1-4H2,(H,17,18)/t10-/m1/s1. The van der Waals surface area contributed by atoms with E-state index in [-0.39, 0.29) is 0 Å². The molecule has 1 aromatic rings. The van der Waals surface area contributed by atoms with E-state index in [0.717, 1.165) is 12.8 Å². The summed E-state index contributed by atoms with van der Waals surface area (Å²) in [6.45, 7) is 0.701. The molecule has 6 heteroatoms. The van der Waals surface area contributed by atoms with E-state index in [1.54, 1.807) is 0 Å². The third-order valence-corrected chi connectivity index (χ3v) is 2.88. The molecule has 0 aromatic heterocycles. The molecule has 0 unspecified atom stereocenters. The lowest BCUT2D eigenvalue weighted by Crippen LogP contribution is -2.43. The Morgan fingerprint density at radius 1 is 1.22 bits per heavy atom. The molecular weight excluding hydrogens is 245 g/mol. The molecule has 1 amide bonds. The molecule has 0 spiro atoms. The van der Waals surface area contributed by atoms with E-state index in [4.69, 9.17) is 0 Å². The van der Waals surface area contributed by atoms with Gasteiger partial charge in [0.15, 0.2) is 11.6 Å². The average Bonchev–Trinajstić information content (AvgIpc) is 2.34. The van der Waals surface area contributed by atoms with Crippen LogP contribution < -0.4 is 10.6 Å². The number of carbonyl (C=O) groups excluding carboxylic acids is 1.